The second-order valence-corrected chi connectivity index (χ2v) is 13.1. The number of carbonyl (C=O) groups is 1. The summed E-state index contributed by atoms with van der Waals surface area (Å²) in [5.41, 5.74) is 4.84. The third-order valence-corrected chi connectivity index (χ3v) is 12.3. The van der Waals surface area contributed by atoms with Crippen LogP contribution in [0.2, 0.25) is 10.1 Å². The van der Waals surface area contributed by atoms with E-state index in [1.54, 1.807) is 6.21 Å². The van der Waals surface area contributed by atoms with Crippen LogP contribution < -0.4 is 5.43 Å². The van der Waals surface area contributed by atoms with Crippen LogP contribution in [0.1, 0.15) is 43.2 Å². The van der Waals surface area contributed by atoms with Crippen molar-refractivity contribution in [3.8, 4) is 0 Å². The van der Waals surface area contributed by atoms with Gasteiger partial charge >= 0.3 is 126 Å². The summed E-state index contributed by atoms with van der Waals surface area (Å²) < 4.78 is 0. The molecule has 0 bridgehead atoms. The summed E-state index contributed by atoms with van der Waals surface area (Å²) in [6.07, 6.45) is 7.26. The summed E-state index contributed by atoms with van der Waals surface area (Å²) in [6, 6.07) is 8.07. The number of hydrogen-bond acceptors (Lipinski definition) is 2. The van der Waals surface area contributed by atoms with E-state index in [-0.39, 0.29) is 5.91 Å². The number of aryl methyl sites for hydroxylation is 1. The van der Waals surface area contributed by atoms with Crippen LogP contribution in [-0.4, -0.2) is 38.4 Å². The van der Waals surface area contributed by atoms with Gasteiger partial charge in [0.15, 0.2) is 0 Å². The van der Waals surface area contributed by atoms with Crippen LogP contribution in [0.4, 0.5) is 0 Å². The molecule has 1 unspecified atom stereocenters. The predicted octanol–water partition coefficient (Wildman–Crippen LogP) is 2.94. The fraction of sp³-hybridized carbons (Fsp3) is 0.500. The Morgan fingerprint density at radius 3 is 2.90 bits per heavy atom. The van der Waals surface area contributed by atoms with Gasteiger partial charge < -0.3 is 0 Å². The van der Waals surface area contributed by atoms with Crippen molar-refractivity contribution in [1.29, 1.82) is 0 Å². The molecule has 1 saturated heterocycles. The quantitative estimate of drug-likeness (QED) is 0.316. The number of benzene rings is 1. The molecule has 0 radical (unpaired) electrons. The molecular weight excluding hydrogens is 394 g/mol. The number of amides is 1. The first-order valence-electron chi connectivity index (χ1n) is 7.41. The second-order valence-electron chi connectivity index (χ2n) is 5.28. The van der Waals surface area contributed by atoms with Gasteiger partial charge in [-0.05, 0) is 6.92 Å². The standard InChI is InChI=1S/C16H22N2OSe2/c1-13-6-8-14(9-7-13)12-17-18-16(19)5-3-2-4-15-10-11-20-21-15/h6-9,12,15H,2-5,10-11H2,1H3,(H,18,19)/b17-12+. The van der Waals surface area contributed by atoms with E-state index in [2.05, 4.69) is 17.5 Å². The molecule has 0 aliphatic carbocycles. The van der Waals surface area contributed by atoms with Gasteiger partial charge in [0.25, 0.3) is 0 Å². The summed E-state index contributed by atoms with van der Waals surface area (Å²) >= 11 is 1.91. The molecule has 1 aliphatic rings. The predicted molar refractivity (Wildman–Crippen MR) is 90.1 cm³/mol. The van der Waals surface area contributed by atoms with E-state index in [0.29, 0.717) is 6.42 Å². The topological polar surface area (TPSA) is 41.5 Å². The molecule has 21 heavy (non-hydrogen) atoms. The van der Waals surface area contributed by atoms with Gasteiger partial charge in [0.05, 0.1) is 0 Å². The van der Waals surface area contributed by atoms with E-state index in [0.717, 1.165) is 43.1 Å². The Balaban J connectivity index is 1.57. The fourth-order valence-electron chi connectivity index (χ4n) is 2.11. The Morgan fingerprint density at radius 2 is 2.19 bits per heavy atom. The SMILES string of the molecule is Cc1ccc(/C=N/NC(=O)CCCCC2CC[Se][Se]2)cc1. The number of carbonyl (C=O) groups excluding carboxylic acids is 1. The van der Waals surface area contributed by atoms with Gasteiger partial charge in [-0.3, -0.25) is 0 Å². The molecule has 1 aromatic carbocycles. The Labute approximate surface area is 138 Å². The molecule has 1 amide bonds. The molecule has 5 heteroatoms. The third kappa shape index (κ3) is 6.79. The van der Waals surface area contributed by atoms with Gasteiger partial charge in [-0.25, -0.2) is 0 Å². The van der Waals surface area contributed by atoms with E-state index < -0.39 is 0 Å². The monoisotopic (exact) mass is 418 g/mol. The molecule has 0 saturated carbocycles. The van der Waals surface area contributed by atoms with E-state index in [1.165, 1.54) is 30.1 Å². The van der Waals surface area contributed by atoms with Crippen LogP contribution in [0.5, 0.6) is 0 Å². The maximum absolute atomic E-state index is 11.7. The van der Waals surface area contributed by atoms with Gasteiger partial charge in [0.1, 0.15) is 0 Å². The minimum atomic E-state index is 0.0273. The zero-order valence-electron chi connectivity index (χ0n) is 12.4. The van der Waals surface area contributed by atoms with E-state index in [1.807, 2.05) is 24.3 Å². The van der Waals surface area contributed by atoms with E-state index in [9.17, 15) is 4.79 Å². The molecule has 1 atom stereocenters. The average Bonchev–Trinajstić information content (AvgIpc) is 2.99. The Bertz CT molecular complexity index is 468. The number of nitrogens with zero attached hydrogens (tertiary/aromatic N) is 1. The number of hydrogen-bond donors (Lipinski definition) is 1. The van der Waals surface area contributed by atoms with E-state index >= 15 is 0 Å². The van der Waals surface area contributed by atoms with Crippen molar-refractivity contribution in [2.24, 2.45) is 5.10 Å². The van der Waals surface area contributed by atoms with E-state index in [4.69, 9.17) is 0 Å². The Hall–Kier alpha value is -0.601. The van der Waals surface area contributed by atoms with Crippen molar-refractivity contribution in [2.45, 2.75) is 49.2 Å². The third-order valence-electron chi connectivity index (χ3n) is 3.39. The zero-order chi connectivity index (χ0) is 14.9. The minimum absolute atomic E-state index is 0.0273. The summed E-state index contributed by atoms with van der Waals surface area (Å²) in [4.78, 5) is 12.7. The van der Waals surface area contributed by atoms with Crippen molar-refractivity contribution in [3.63, 3.8) is 0 Å². The zero-order valence-corrected chi connectivity index (χ0v) is 15.8. The number of nitrogens with one attached hydrogen (secondary N) is 1. The Morgan fingerprint density at radius 1 is 1.38 bits per heavy atom. The maximum atomic E-state index is 11.7. The van der Waals surface area contributed by atoms with Crippen molar-refractivity contribution in [2.75, 3.05) is 0 Å². The second kappa shape index (κ2) is 9.42. The number of hydrazone groups is 1. The number of unbranched alkanes of at least 4 members (excludes halogenated alkanes) is 1. The molecule has 3 nitrogen and oxygen atoms in total. The molecule has 1 heterocycles. The molecule has 1 aliphatic heterocycles. The van der Waals surface area contributed by atoms with Crippen LogP contribution in [0, 0.1) is 6.92 Å². The fourth-order valence-corrected chi connectivity index (χ4v) is 11.6. The first kappa shape index (κ1) is 16.8. The normalized spacial score (nSPS) is 18.2. The Kier molecular flexibility index (Phi) is 7.52. The summed E-state index contributed by atoms with van der Waals surface area (Å²) in [5, 5.41) is 5.50. The van der Waals surface area contributed by atoms with Crippen molar-refractivity contribution < 1.29 is 4.79 Å². The first-order chi connectivity index (χ1) is 10.2. The van der Waals surface area contributed by atoms with Gasteiger partial charge in [-0.15, -0.1) is 0 Å². The summed E-state index contributed by atoms with van der Waals surface area (Å²) in [5.74, 6) is 0.0273. The molecule has 2 rings (SSSR count). The molecule has 0 aromatic heterocycles. The van der Waals surface area contributed by atoms with Gasteiger partial charge in [-0.1, -0.05) is 5.56 Å². The van der Waals surface area contributed by atoms with Gasteiger partial charge in [-0.2, -0.15) is 0 Å². The van der Waals surface area contributed by atoms with Crippen LogP contribution >= 0.6 is 0 Å². The molecule has 1 aromatic rings. The summed E-state index contributed by atoms with van der Waals surface area (Å²) in [6.45, 7) is 2.05. The van der Waals surface area contributed by atoms with Crippen molar-refractivity contribution >= 4 is 38.4 Å². The number of rotatable bonds is 7. The van der Waals surface area contributed by atoms with Gasteiger partial charge in [0.2, 0.25) is 0 Å². The molecule has 114 valence electrons. The molecular formula is C16H22N2OSe2. The van der Waals surface area contributed by atoms with Crippen LogP contribution in [-0.2, 0) is 4.79 Å². The van der Waals surface area contributed by atoms with Crippen LogP contribution in [0.3, 0.4) is 0 Å². The van der Waals surface area contributed by atoms with Crippen molar-refractivity contribution in [1.82, 2.24) is 5.43 Å². The summed E-state index contributed by atoms with van der Waals surface area (Å²) in [7, 11) is 0. The molecule has 1 N–H and O–H groups in total. The molecule has 0 spiro atoms. The molecule has 1 fully saturated rings. The van der Waals surface area contributed by atoms with Crippen LogP contribution in [0.25, 0.3) is 0 Å². The van der Waals surface area contributed by atoms with Crippen molar-refractivity contribution in [3.05, 3.63) is 35.4 Å². The average molecular weight is 416 g/mol. The van der Waals surface area contributed by atoms with Crippen LogP contribution in [0.15, 0.2) is 29.4 Å². The first-order valence-corrected chi connectivity index (χ1v) is 13.9. The van der Waals surface area contributed by atoms with Gasteiger partial charge in [0, 0.05) is 0 Å².